The number of hydrogen-bond donors (Lipinski definition) is 2. The number of aromatic nitrogens is 3. The van der Waals surface area contributed by atoms with Gasteiger partial charge in [0.25, 0.3) is 5.91 Å². The standard InChI is InChI=1S/C18H20N4O3/c1-22-15(10-2-3-10)8-14(21-22)17(23)19-9-12-6-7-13(18(24)25)16(20-12)11-4-5-11/h6-8,10-11H,2-5,9H2,1H3,(H,19,23)(H,24,25). The molecule has 0 radical (unpaired) electrons. The second-order valence-corrected chi connectivity index (χ2v) is 6.85. The third-order valence-corrected chi connectivity index (χ3v) is 4.75. The summed E-state index contributed by atoms with van der Waals surface area (Å²) in [6, 6.07) is 5.09. The van der Waals surface area contributed by atoms with Crippen LogP contribution in [-0.2, 0) is 13.6 Å². The van der Waals surface area contributed by atoms with E-state index in [0.717, 1.165) is 31.4 Å². The molecule has 130 valence electrons. The normalized spacial score (nSPS) is 16.7. The molecule has 0 saturated heterocycles. The summed E-state index contributed by atoms with van der Waals surface area (Å²) in [4.78, 5) is 28.1. The molecule has 7 heteroatoms. The van der Waals surface area contributed by atoms with E-state index in [4.69, 9.17) is 0 Å². The van der Waals surface area contributed by atoms with Gasteiger partial charge < -0.3 is 10.4 Å². The maximum absolute atomic E-state index is 12.3. The molecule has 2 heterocycles. The average molecular weight is 340 g/mol. The Bertz CT molecular complexity index is 850. The van der Waals surface area contributed by atoms with Crippen LogP contribution in [0.3, 0.4) is 0 Å². The molecule has 0 atom stereocenters. The Balaban J connectivity index is 1.45. The van der Waals surface area contributed by atoms with Gasteiger partial charge in [0.05, 0.1) is 23.5 Å². The molecule has 0 aliphatic heterocycles. The number of carbonyl (C=O) groups is 2. The Labute approximate surface area is 145 Å². The first-order valence-corrected chi connectivity index (χ1v) is 8.58. The molecule has 2 aromatic rings. The number of nitrogens with zero attached hydrogens (tertiary/aromatic N) is 3. The monoisotopic (exact) mass is 340 g/mol. The van der Waals surface area contributed by atoms with Crippen molar-refractivity contribution in [3.63, 3.8) is 0 Å². The van der Waals surface area contributed by atoms with Gasteiger partial charge in [-0.15, -0.1) is 0 Å². The molecule has 2 aliphatic carbocycles. The lowest BCUT2D eigenvalue weighted by molar-refractivity contribution is 0.0694. The minimum Gasteiger partial charge on any atom is -0.478 e. The van der Waals surface area contributed by atoms with Crippen LogP contribution in [0, 0.1) is 0 Å². The molecule has 2 aromatic heterocycles. The number of carbonyl (C=O) groups excluding carboxylic acids is 1. The SMILES string of the molecule is Cn1nc(C(=O)NCc2ccc(C(=O)O)c(C3CC3)n2)cc1C1CC1. The molecule has 0 spiro atoms. The van der Waals surface area contributed by atoms with Crippen molar-refractivity contribution < 1.29 is 14.7 Å². The predicted octanol–water partition coefficient (Wildman–Crippen LogP) is 2.20. The maximum atomic E-state index is 12.3. The van der Waals surface area contributed by atoms with E-state index in [2.05, 4.69) is 15.4 Å². The smallest absolute Gasteiger partial charge is 0.337 e. The van der Waals surface area contributed by atoms with E-state index in [1.807, 2.05) is 13.1 Å². The van der Waals surface area contributed by atoms with Gasteiger partial charge in [-0.1, -0.05) is 0 Å². The van der Waals surface area contributed by atoms with Crippen LogP contribution in [0.1, 0.15) is 75.4 Å². The van der Waals surface area contributed by atoms with Crippen LogP contribution < -0.4 is 5.32 Å². The molecule has 2 N–H and O–H groups in total. The Kier molecular flexibility index (Phi) is 3.78. The van der Waals surface area contributed by atoms with Crippen molar-refractivity contribution in [2.24, 2.45) is 7.05 Å². The Morgan fingerprint density at radius 1 is 1.24 bits per heavy atom. The predicted molar refractivity (Wildman–Crippen MR) is 89.5 cm³/mol. The largest absolute Gasteiger partial charge is 0.478 e. The van der Waals surface area contributed by atoms with Crippen molar-refractivity contribution in [2.45, 2.75) is 44.1 Å². The van der Waals surface area contributed by atoms with Crippen molar-refractivity contribution in [1.82, 2.24) is 20.1 Å². The van der Waals surface area contributed by atoms with Gasteiger partial charge in [-0.05, 0) is 43.9 Å². The number of rotatable bonds is 6. The Morgan fingerprint density at radius 2 is 1.96 bits per heavy atom. The van der Waals surface area contributed by atoms with Crippen LogP contribution in [0.15, 0.2) is 18.2 Å². The fourth-order valence-corrected chi connectivity index (χ4v) is 3.08. The summed E-state index contributed by atoms with van der Waals surface area (Å²) in [6.45, 7) is 0.258. The highest BCUT2D eigenvalue weighted by Gasteiger charge is 2.30. The zero-order chi connectivity index (χ0) is 17.6. The summed E-state index contributed by atoms with van der Waals surface area (Å²) in [5, 5.41) is 16.4. The summed E-state index contributed by atoms with van der Waals surface area (Å²) < 4.78 is 1.78. The van der Waals surface area contributed by atoms with Crippen LogP contribution in [0.4, 0.5) is 0 Å². The molecule has 0 aromatic carbocycles. The first kappa shape index (κ1) is 15.8. The summed E-state index contributed by atoms with van der Waals surface area (Å²) >= 11 is 0. The minimum absolute atomic E-state index is 0.235. The van der Waals surface area contributed by atoms with Gasteiger partial charge in [-0.25, -0.2) is 4.79 Å². The molecule has 1 amide bonds. The highest BCUT2D eigenvalue weighted by molar-refractivity contribution is 5.92. The zero-order valence-electron chi connectivity index (χ0n) is 14.0. The molecule has 7 nitrogen and oxygen atoms in total. The van der Waals surface area contributed by atoms with Crippen LogP contribution in [0.2, 0.25) is 0 Å². The van der Waals surface area contributed by atoms with Gasteiger partial charge in [-0.2, -0.15) is 5.10 Å². The van der Waals surface area contributed by atoms with Gasteiger partial charge >= 0.3 is 5.97 Å². The third-order valence-electron chi connectivity index (χ3n) is 4.75. The molecule has 0 unspecified atom stereocenters. The first-order chi connectivity index (χ1) is 12.0. The fourth-order valence-electron chi connectivity index (χ4n) is 3.08. The van der Waals surface area contributed by atoms with Gasteiger partial charge in [0, 0.05) is 24.6 Å². The van der Waals surface area contributed by atoms with Crippen LogP contribution in [0.25, 0.3) is 0 Å². The lowest BCUT2D eigenvalue weighted by Crippen LogP contribution is -2.24. The van der Waals surface area contributed by atoms with Gasteiger partial charge in [-0.3, -0.25) is 14.5 Å². The first-order valence-electron chi connectivity index (χ1n) is 8.58. The fraction of sp³-hybridized carbons (Fsp3) is 0.444. The van der Waals surface area contributed by atoms with Crippen molar-refractivity contribution in [3.8, 4) is 0 Å². The molecular weight excluding hydrogens is 320 g/mol. The van der Waals surface area contributed by atoms with Crippen molar-refractivity contribution in [3.05, 3.63) is 46.5 Å². The number of aromatic carboxylic acids is 1. The molecular formula is C18H20N4O3. The minimum atomic E-state index is -0.953. The zero-order valence-corrected chi connectivity index (χ0v) is 14.0. The van der Waals surface area contributed by atoms with E-state index < -0.39 is 5.97 Å². The van der Waals surface area contributed by atoms with E-state index in [-0.39, 0.29) is 23.9 Å². The summed E-state index contributed by atoms with van der Waals surface area (Å²) in [5.41, 5.74) is 3.07. The quantitative estimate of drug-likeness (QED) is 0.840. The molecule has 0 bridgehead atoms. The summed E-state index contributed by atoms with van der Waals surface area (Å²) in [7, 11) is 1.86. The lowest BCUT2D eigenvalue weighted by Gasteiger charge is -2.08. The summed E-state index contributed by atoms with van der Waals surface area (Å²) in [5.74, 6) is -0.422. The van der Waals surface area contributed by atoms with Gasteiger partial charge in [0.1, 0.15) is 5.69 Å². The van der Waals surface area contributed by atoms with E-state index in [0.29, 0.717) is 23.0 Å². The second kappa shape index (κ2) is 5.98. The number of carboxylic acid groups (broad SMARTS) is 1. The Hall–Kier alpha value is -2.70. The second-order valence-electron chi connectivity index (χ2n) is 6.85. The van der Waals surface area contributed by atoms with E-state index >= 15 is 0 Å². The summed E-state index contributed by atoms with van der Waals surface area (Å²) in [6.07, 6.45) is 4.26. The molecule has 4 rings (SSSR count). The van der Waals surface area contributed by atoms with Crippen molar-refractivity contribution in [2.75, 3.05) is 0 Å². The number of pyridine rings is 1. The molecule has 2 aliphatic rings. The number of carboxylic acids is 1. The number of aryl methyl sites for hydroxylation is 1. The van der Waals surface area contributed by atoms with Gasteiger partial charge in [0.15, 0.2) is 0 Å². The molecule has 25 heavy (non-hydrogen) atoms. The van der Waals surface area contributed by atoms with Gasteiger partial charge in [0.2, 0.25) is 0 Å². The maximum Gasteiger partial charge on any atom is 0.337 e. The highest BCUT2D eigenvalue weighted by Crippen LogP contribution is 2.41. The Morgan fingerprint density at radius 3 is 2.60 bits per heavy atom. The molecule has 2 saturated carbocycles. The van der Waals surface area contributed by atoms with E-state index in [1.54, 1.807) is 16.8 Å². The highest BCUT2D eigenvalue weighted by atomic mass is 16.4. The van der Waals surface area contributed by atoms with Crippen molar-refractivity contribution >= 4 is 11.9 Å². The van der Waals surface area contributed by atoms with E-state index in [9.17, 15) is 14.7 Å². The van der Waals surface area contributed by atoms with Crippen LogP contribution in [-0.4, -0.2) is 31.7 Å². The number of amides is 1. The topological polar surface area (TPSA) is 97.1 Å². The number of nitrogens with one attached hydrogen (secondary N) is 1. The lowest BCUT2D eigenvalue weighted by atomic mass is 10.1. The van der Waals surface area contributed by atoms with Crippen LogP contribution in [0.5, 0.6) is 0 Å². The van der Waals surface area contributed by atoms with Crippen LogP contribution >= 0.6 is 0 Å². The average Bonchev–Trinajstić information content (AvgIpc) is 3.50. The third kappa shape index (κ3) is 3.26. The van der Waals surface area contributed by atoms with Crippen molar-refractivity contribution in [1.29, 1.82) is 0 Å². The van der Waals surface area contributed by atoms with E-state index in [1.165, 1.54) is 0 Å². The number of hydrogen-bond acceptors (Lipinski definition) is 4. The molecule has 2 fully saturated rings.